The molecule has 1 aromatic heterocycles. The van der Waals surface area contributed by atoms with Crippen LogP contribution in [-0.4, -0.2) is 16.2 Å². The summed E-state index contributed by atoms with van der Waals surface area (Å²) in [4.78, 5) is 14.1. The van der Waals surface area contributed by atoms with Crippen LogP contribution in [0.3, 0.4) is 0 Å². The molecule has 36 heavy (non-hydrogen) atoms. The molecule has 3 nitrogen and oxygen atoms in total. The van der Waals surface area contributed by atoms with Crippen LogP contribution in [0.25, 0.3) is 10.9 Å². The number of carbonyl (C=O) groups is 1. The summed E-state index contributed by atoms with van der Waals surface area (Å²) in [7, 11) is 0. The summed E-state index contributed by atoms with van der Waals surface area (Å²) in [5.41, 5.74) is 3.74. The lowest BCUT2D eigenvalue weighted by Gasteiger charge is -2.15. The molecule has 0 atom stereocenters. The Morgan fingerprint density at radius 3 is 2.22 bits per heavy atom. The number of benzene rings is 3. The normalized spacial score (nSPS) is 11.9. The number of halogens is 3. The molecule has 1 N–H and O–H groups in total. The molecule has 0 fully saturated rings. The van der Waals surface area contributed by atoms with Gasteiger partial charge in [-0.2, -0.15) is 13.2 Å². The molecule has 4 aromatic rings. The number of nitrogens with zero attached hydrogens (tertiary/aromatic N) is 1. The number of amides is 1. The maximum absolute atomic E-state index is 12.9. The summed E-state index contributed by atoms with van der Waals surface area (Å²) in [6.45, 7) is 6.70. The van der Waals surface area contributed by atoms with Crippen LogP contribution < -0.4 is 5.32 Å². The number of nitrogens with one attached hydrogen (secondary N) is 1. The fourth-order valence-electron chi connectivity index (χ4n) is 4.36. The number of hydrogen-bond donors (Lipinski definition) is 1. The van der Waals surface area contributed by atoms with E-state index in [1.54, 1.807) is 11.8 Å². The van der Waals surface area contributed by atoms with Crippen molar-refractivity contribution in [2.75, 3.05) is 5.75 Å². The molecule has 0 bridgehead atoms. The van der Waals surface area contributed by atoms with Gasteiger partial charge in [0.2, 0.25) is 0 Å². The van der Waals surface area contributed by atoms with Crippen LogP contribution in [0, 0.1) is 0 Å². The van der Waals surface area contributed by atoms with Crippen LogP contribution in [0.1, 0.15) is 59.6 Å². The number of aromatic nitrogens is 1. The van der Waals surface area contributed by atoms with Gasteiger partial charge in [-0.25, -0.2) is 0 Å². The highest BCUT2D eigenvalue weighted by Gasteiger charge is 2.30. The molecule has 0 aliphatic heterocycles. The van der Waals surface area contributed by atoms with Crippen LogP contribution in [0.15, 0.2) is 77.7 Å². The largest absolute Gasteiger partial charge is 0.416 e. The fraction of sp³-hybridized carbons (Fsp3) is 0.276. The number of carbonyl (C=O) groups excluding carboxylic acids is 1. The number of fused-ring (bicyclic) bond motifs is 1. The van der Waals surface area contributed by atoms with Gasteiger partial charge in [0.05, 0.1) is 5.56 Å². The Balaban J connectivity index is 1.52. The molecule has 0 aliphatic rings. The van der Waals surface area contributed by atoms with Crippen molar-refractivity contribution in [1.29, 1.82) is 0 Å². The van der Waals surface area contributed by atoms with Gasteiger partial charge in [-0.15, -0.1) is 11.8 Å². The van der Waals surface area contributed by atoms with E-state index in [2.05, 4.69) is 42.8 Å². The Morgan fingerprint density at radius 2 is 1.61 bits per heavy atom. The topological polar surface area (TPSA) is 34.0 Å². The van der Waals surface area contributed by atoms with Gasteiger partial charge in [0.1, 0.15) is 0 Å². The van der Waals surface area contributed by atoms with Crippen LogP contribution in [0.5, 0.6) is 0 Å². The molecule has 0 unspecified atom stereocenters. The Kier molecular flexibility index (Phi) is 7.79. The first-order chi connectivity index (χ1) is 17.2. The zero-order valence-electron chi connectivity index (χ0n) is 20.5. The minimum absolute atomic E-state index is 0.148. The van der Waals surface area contributed by atoms with Crippen LogP contribution >= 0.6 is 11.8 Å². The van der Waals surface area contributed by atoms with Crippen molar-refractivity contribution in [2.24, 2.45) is 0 Å². The number of rotatable bonds is 8. The average Bonchev–Trinajstić information content (AvgIpc) is 3.20. The molecule has 0 saturated carbocycles. The van der Waals surface area contributed by atoms with Gasteiger partial charge in [0.25, 0.3) is 5.91 Å². The molecule has 1 heterocycles. The van der Waals surface area contributed by atoms with E-state index in [4.69, 9.17) is 0 Å². The predicted molar refractivity (Wildman–Crippen MR) is 141 cm³/mol. The molecule has 0 radical (unpaired) electrons. The molecular weight excluding hydrogens is 481 g/mol. The zero-order chi connectivity index (χ0) is 25.9. The molecule has 188 valence electrons. The van der Waals surface area contributed by atoms with Crippen LogP contribution in [-0.2, 0) is 19.1 Å². The van der Waals surface area contributed by atoms with E-state index in [0.29, 0.717) is 18.5 Å². The van der Waals surface area contributed by atoms with Crippen molar-refractivity contribution < 1.29 is 18.0 Å². The molecule has 7 heteroatoms. The molecular formula is C29H29F3N2OS. The SMILES string of the molecule is CCSc1ccc(CNC(=O)c2ccc3c(c2)cc(Cc2ccc(C(F)(F)F)cc2)n3C(C)C)cc1. The van der Waals surface area contributed by atoms with Gasteiger partial charge in [0.15, 0.2) is 0 Å². The Morgan fingerprint density at radius 1 is 0.944 bits per heavy atom. The summed E-state index contributed by atoms with van der Waals surface area (Å²) < 4.78 is 40.9. The van der Waals surface area contributed by atoms with Gasteiger partial charge < -0.3 is 9.88 Å². The standard InChI is InChI=1S/C29H29F3N2OS/c1-4-36-26-12-7-21(8-13-26)18-33-28(35)22-9-14-27-23(16-22)17-25(34(27)19(2)3)15-20-5-10-24(11-6-20)29(30,31)32/h5-14,16-17,19H,4,15,18H2,1-3H3,(H,33,35). The van der Waals surface area contributed by atoms with E-state index in [1.165, 1.54) is 17.0 Å². The van der Waals surface area contributed by atoms with Crippen molar-refractivity contribution in [3.05, 3.63) is 101 Å². The Bertz CT molecular complexity index is 1340. The van der Waals surface area contributed by atoms with E-state index in [9.17, 15) is 18.0 Å². The van der Waals surface area contributed by atoms with E-state index >= 15 is 0 Å². The lowest BCUT2D eigenvalue weighted by Crippen LogP contribution is -2.22. The van der Waals surface area contributed by atoms with E-state index in [0.717, 1.165) is 45.6 Å². The van der Waals surface area contributed by atoms with Gasteiger partial charge in [0, 0.05) is 46.1 Å². The highest BCUT2D eigenvalue weighted by molar-refractivity contribution is 7.99. The molecule has 0 spiro atoms. The summed E-state index contributed by atoms with van der Waals surface area (Å²) in [6, 6.07) is 21.3. The lowest BCUT2D eigenvalue weighted by atomic mass is 10.1. The molecule has 1 amide bonds. The molecule has 3 aromatic carbocycles. The molecule has 0 aliphatic carbocycles. The highest BCUT2D eigenvalue weighted by atomic mass is 32.2. The number of hydrogen-bond acceptors (Lipinski definition) is 2. The minimum Gasteiger partial charge on any atom is -0.348 e. The quantitative estimate of drug-likeness (QED) is 0.245. The number of alkyl halides is 3. The van der Waals surface area contributed by atoms with Crippen molar-refractivity contribution in [2.45, 2.75) is 50.9 Å². The van der Waals surface area contributed by atoms with E-state index in [1.807, 2.05) is 36.4 Å². The van der Waals surface area contributed by atoms with Gasteiger partial charge >= 0.3 is 6.18 Å². The minimum atomic E-state index is -4.35. The van der Waals surface area contributed by atoms with Crippen molar-refractivity contribution in [3.63, 3.8) is 0 Å². The predicted octanol–water partition coefficient (Wildman–Crippen LogP) is 7.87. The van der Waals surface area contributed by atoms with Crippen LogP contribution in [0.4, 0.5) is 13.2 Å². The highest BCUT2D eigenvalue weighted by Crippen LogP contribution is 2.31. The average molecular weight is 511 g/mol. The summed E-state index contributed by atoms with van der Waals surface area (Å²) in [5.74, 6) is 0.869. The molecule has 4 rings (SSSR count). The Hall–Kier alpha value is -3.19. The first-order valence-corrected chi connectivity index (χ1v) is 12.9. The van der Waals surface area contributed by atoms with Crippen molar-refractivity contribution >= 4 is 28.6 Å². The monoisotopic (exact) mass is 510 g/mol. The first-order valence-electron chi connectivity index (χ1n) is 12.0. The molecule has 0 saturated heterocycles. The van der Waals surface area contributed by atoms with Crippen molar-refractivity contribution in [1.82, 2.24) is 9.88 Å². The second-order valence-electron chi connectivity index (χ2n) is 9.00. The maximum Gasteiger partial charge on any atom is 0.416 e. The zero-order valence-corrected chi connectivity index (χ0v) is 21.3. The second-order valence-corrected chi connectivity index (χ2v) is 10.3. The fourth-order valence-corrected chi connectivity index (χ4v) is 5.02. The van der Waals surface area contributed by atoms with Crippen LogP contribution in [0.2, 0.25) is 0 Å². The third kappa shape index (κ3) is 5.95. The van der Waals surface area contributed by atoms with Gasteiger partial charge in [-0.1, -0.05) is 31.2 Å². The first kappa shape index (κ1) is 25.9. The smallest absolute Gasteiger partial charge is 0.348 e. The van der Waals surface area contributed by atoms with E-state index < -0.39 is 11.7 Å². The summed E-state index contributed by atoms with van der Waals surface area (Å²) in [6.07, 6.45) is -3.85. The second kappa shape index (κ2) is 10.8. The van der Waals surface area contributed by atoms with Gasteiger partial charge in [-0.3, -0.25) is 4.79 Å². The lowest BCUT2D eigenvalue weighted by molar-refractivity contribution is -0.137. The third-order valence-corrected chi connectivity index (χ3v) is 6.95. The summed E-state index contributed by atoms with van der Waals surface area (Å²) in [5, 5.41) is 3.92. The van der Waals surface area contributed by atoms with E-state index in [-0.39, 0.29) is 11.9 Å². The third-order valence-electron chi connectivity index (χ3n) is 6.05. The maximum atomic E-state index is 12.9. The number of thioether (sulfide) groups is 1. The van der Waals surface area contributed by atoms with Crippen molar-refractivity contribution in [3.8, 4) is 0 Å². The Labute approximate surface area is 213 Å². The summed E-state index contributed by atoms with van der Waals surface area (Å²) >= 11 is 1.78. The van der Waals surface area contributed by atoms with Gasteiger partial charge in [-0.05, 0) is 79.3 Å².